The van der Waals surface area contributed by atoms with Gasteiger partial charge in [0.2, 0.25) is 5.91 Å². The van der Waals surface area contributed by atoms with Crippen molar-refractivity contribution in [3.05, 3.63) is 64.7 Å². The molecule has 0 aromatic heterocycles. The van der Waals surface area contributed by atoms with Gasteiger partial charge in [-0.05, 0) is 86.5 Å². The summed E-state index contributed by atoms with van der Waals surface area (Å²) in [6.45, 7) is 3.12. The Kier molecular flexibility index (Phi) is 8.60. The highest BCUT2D eigenvalue weighted by Crippen LogP contribution is 2.32. The Labute approximate surface area is 215 Å². The molecule has 202 valence electrons. The van der Waals surface area contributed by atoms with Gasteiger partial charge in [-0.2, -0.15) is 13.2 Å². The largest absolute Gasteiger partial charge is 0.416 e. The van der Waals surface area contributed by atoms with Gasteiger partial charge in [-0.3, -0.25) is 9.69 Å². The normalized spacial score (nSPS) is 19.7. The molecule has 2 N–H and O–H groups in total. The van der Waals surface area contributed by atoms with Gasteiger partial charge >= 0.3 is 6.18 Å². The van der Waals surface area contributed by atoms with E-state index in [1.165, 1.54) is 30.4 Å². The standard InChI is InChI=1S/C27H33F3N2O4S/c28-27(29,30)21-7-5-8-22(17-21)37(35,36)15-12-25(33)26(34)31-24-9-4-6-20-16-19(10-11-23(20)24)18-32-13-2-1-3-14-32/h5,7-8,10-11,16-17,24-25,33H,1-4,6,9,12-15,18H2,(H,31,34)/t24-,25?/m1/s1. The highest BCUT2D eigenvalue weighted by Gasteiger charge is 2.32. The van der Waals surface area contributed by atoms with E-state index in [1.807, 2.05) is 6.07 Å². The molecule has 0 radical (unpaired) electrons. The predicted octanol–water partition coefficient (Wildman–Crippen LogP) is 4.41. The first-order chi connectivity index (χ1) is 17.5. The van der Waals surface area contributed by atoms with E-state index in [0.717, 1.165) is 56.2 Å². The van der Waals surface area contributed by atoms with Crippen LogP contribution >= 0.6 is 0 Å². The first kappa shape index (κ1) is 27.6. The Morgan fingerprint density at radius 3 is 2.57 bits per heavy atom. The molecule has 2 aromatic rings. The number of benzene rings is 2. The average molecular weight is 539 g/mol. The SMILES string of the molecule is O=C(N[C@@H]1CCCc2cc(CN3CCCCC3)ccc21)C(O)CCS(=O)(=O)c1cccc(C(F)(F)F)c1. The second kappa shape index (κ2) is 11.5. The number of aliphatic hydroxyl groups is 1. The Morgan fingerprint density at radius 2 is 1.84 bits per heavy atom. The van der Waals surface area contributed by atoms with E-state index in [-0.39, 0.29) is 6.04 Å². The van der Waals surface area contributed by atoms with Crippen LogP contribution in [0, 0.1) is 0 Å². The monoisotopic (exact) mass is 538 g/mol. The maximum atomic E-state index is 12.9. The zero-order valence-electron chi connectivity index (χ0n) is 20.6. The van der Waals surface area contributed by atoms with Crippen molar-refractivity contribution < 1.29 is 31.5 Å². The van der Waals surface area contributed by atoms with Crippen LogP contribution in [0.4, 0.5) is 13.2 Å². The summed E-state index contributed by atoms with van der Waals surface area (Å²) in [6.07, 6.45) is -0.452. The fourth-order valence-electron chi connectivity index (χ4n) is 5.14. The number of carbonyl (C=O) groups is 1. The number of rotatable bonds is 8. The number of carbonyl (C=O) groups excluding carboxylic acids is 1. The summed E-state index contributed by atoms with van der Waals surface area (Å²) >= 11 is 0. The van der Waals surface area contributed by atoms with Gasteiger partial charge in [0, 0.05) is 6.54 Å². The number of halogens is 3. The van der Waals surface area contributed by atoms with Crippen molar-refractivity contribution in [3.8, 4) is 0 Å². The maximum absolute atomic E-state index is 12.9. The Hall–Kier alpha value is -2.43. The van der Waals surface area contributed by atoms with Crippen molar-refractivity contribution in [1.82, 2.24) is 10.2 Å². The molecule has 0 bridgehead atoms. The van der Waals surface area contributed by atoms with E-state index in [0.29, 0.717) is 12.5 Å². The highest BCUT2D eigenvalue weighted by atomic mass is 32.2. The lowest BCUT2D eigenvalue weighted by molar-refractivity contribution is -0.137. The predicted molar refractivity (Wildman–Crippen MR) is 134 cm³/mol. The zero-order chi connectivity index (χ0) is 26.6. The van der Waals surface area contributed by atoms with Gasteiger partial charge in [0.1, 0.15) is 6.10 Å². The van der Waals surface area contributed by atoms with Crippen molar-refractivity contribution in [2.75, 3.05) is 18.8 Å². The number of nitrogens with one attached hydrogen (secondary N) is 1. The first-order valence-electron chi connectivity index (χ1n) is 12.8. The lowest BCUT2D eigenvalue weighted by Gasteiger charge is -2.29. The summed E-state index contributed by atoms with van der Waals surface area (Å²) in [5.74, 6) is -1.33. The third-order valence-corrected chi connectivity index (χ3v) is 8.92. The highest BCUT2D eigenvalue weighted by molar-refractivity contribution is 7.91. The van der Waals surface area contributed by atoms with Gasteiger partial charge in [0.15, 0.2) is 9.84 Å². The van der Waals surface area contributed by atoms with Gasteiger partial charge < -0.3 is 10.4 Å². The summed E-state index contributed by atoms with van der Waals surface area (Å²) in [7, 11) is -4.11. The topological polar surface area (TPSA) is 86.7 Å². The van der Waals surface area contributed by atoms with E-state index in [9.17, 15) is 31.5 Å². The fourth-order valence-corrected chi connectivity index (χ4v) is 6.50. The van der Waals surface area contributed by atoms with Crippen molar-refractivity contribution in [1.29, 1.82) is 0 Å². The third-order valence-electron chi connectivity index (χ3n) is 7.18. The summed E-state index contributed by atoms with van der Waals surface area (Å²) in [6, 6.07) is 9.49. The third kappa shape index (κ3) is 7.12. The summed E-state index contributed by atoms with van der Waals surface area (Å²) in [5, 5.41) is 13.2. The second-order valence-corrected chi connectivity index (χ2v) is 12.1. The lowest BCUT2D eigenvalue weighted by atomic mass is 9.86. The summed E-state index contributed by atoms with van der Waals surface area (Å²) in [4.78, 5) is 14.6. The number of nitrogens with zero attached hydrogens (tertiary/aromatic N) is 1. The van der Waals surface area contributed by atoms with E-state index in [4.69, 9.17) is 0 Å². The number of hydrogen-bond acceptors (Lipinski definition) is 5. The molecule has 1 fully saturated rings. The van der Waals surface area contributed by atoms with Crippen LogP contribution in [0.3, 0.4) is 0 Å². The van der Waals surface area contributed by atoms with E-state index >= 15 is 0 Å². The van der Waals surface area contributed by atoms with Crippen LogP contribution < -0.4 is 5.32 Å². The molecule has 1 aliphatic heterocycles. The first-order valence-corrected chi connectivity index (χ1v) is 14.4. The van der Waals surface area contributed by atoms with Crippen molar-refractivity contribution in [2.24, 2.45) is 0 Å². The van der Waals surface area contributed by atoms with Gasteiger partial charge in [0.05, 0.1) is 22.3 Å². The molecule has 6 nitrogen and oxygen atoms in total. The molecule has 1 saturated heterocycles. The molecule has 2 aliphatic rings. The number of alkyl halides is 3. The molecular formula is C27H33F3N2O4S. The molecule has 2 atom stereocenters. The molecule has 10 heteroatoms. The minimum absolute atomic E-state index is 0.282. The van der Waals surface area contributed by atoms with Crippen LogP contribution in [0.5, 0.6) is 0 Å². The molecule has 1 aliphatic carbocycles. The molecule has 0 saturated carbocycles. The van der Waals surface area contributed by atoms with Gasteiger partial charge in [-0.1, -0.05) is 30.7 Å². The van der Waals surface area contributed by atoms with Crippen LogP contribution in [0.15, 0.2) is 47.4 Å². The van der Waals surface area contributed by atoms with Crippen molar-refractivity contribution in [3.63, 3.8) is 0 Å². The number of hydrogen-bond donors (Lipinski definition) is 2. The average Bonchev–Trinajstić information content (AvgIpc) is 2.87. The Balaban J connectivity index is 1.35. The van der Waals surface area contributed by atoms with Crippen molar-refractivity contribution >= 4 is 15.7 Å². The maximum Gasteiger partial charge on any atom is 0.416 e. The van der Waals surface area contributed by atoms with Gasteiger partial charge in [-0.15, -0.1) is 0 Å². The number of piperidine rings is 1. The quantitative estimate of drug-likeness (QED) is 0.520. The smallest absolute Gasteiger partial charge is 0.383 e. The molecule has 1 unspecified atom stereocenters. The fraction of sp³-hybridized carbons (Fsp3) is 0.519. The zero-order valence-corrected chi connectivity index (χ0v) is 21.5. The second-order valence-electron chi connectivity index (χ2n) is 9.97. The molecule has 1 heterocycles. The number of aryl methyl sites for hydroxylation is 1. The number of fused-ring (bicyclic) bond motifs is 1. The van der Waals surface area contributed by atoms with Crippen LogP contribution in [-0.4, -0.2) is 49.3 Å². The van der Waals surface area contributed by atoms with E-state index in [2.05, 4.69) is 22.3 Å². The molecule has 2 aromatic carbocycles. The number of amides is 1. The van der Waals surface area contributed by atoms with Gasteiger partial charge in [-0.25, -0.2) is 8.42 Å². The molecule has 4 rings (SSSR count). The van der Waals surface area contributed by atoms with E-state index in [1.54, 1.807) is 0 Å². The molecule has 0 spiro atoms. The Morgan fingerprint density at radius 1 is 1.08 bits per heavy atom. The summed E-state index contributed by atoms with van der Waals surface area (Å²) < 4.78 is 63.9. The molecular weight excluding hydrogens is 505 g/mol. The summed E-state index contributed by atoms with van der Waals surface area (Å²) in [5.41, 5.74) is 2.35. The van der Waals surface area contributed by atoms with Gasteiger partial charge in [0.25, 0.3) is 0 Å². The minimum Gasteiger partial charge on any atom is -0.383 e. The Bertz CT molecular complexity index is 1210. The number of sulfone groups is 1. The molecule has 37 heavy (non-hydrogen) atoms. The van der Waals surface area contributed by atoms with E-state index < -0.39 is 50.7 Å². The van der Waals surface area contributed by atoms with Crippen LogP contribution in [0.25, 0.3) is 0 Å². The van der Waals surface area contributed by atoms with Crippen LogP contribution in [-0.2, 0) is 33.8 Å². The van der Waals surface area contributed by atoms with Crippen LogP contribution in [0.2, 0.25) is 0 Å². The molecule has 1 amide bonds. The lowest BCUT2D eigenvalue weighted by Crippen LogP contribution is -2.39. The van der Waals surface area contributed by atoms with Crippen LogP contribution in [0.1, 0.15) is 66.8 Å². The number of aliphatic hydroxyl groups excluding tert-OH is 1. The minimum atomic E-state index is -4.67. The number of likely N-dealkylation sites (tertiary alicyclic amines) is 1. The van der Waals surface area contributed by atoms with Crippen molar-refractivity contribution in [2.45, 2.75) is 74.7 Å².